The lowest BCUT2D eigenvalue weighted by Gasteiger charge is -2.16. The monoisotopic (exact) mass is 215 g/mol. The van der Waals surface area contributed by atoms with E-state index in [-0.39, 0.29) is 0 Å². The van der Waals surface area contributed by atoms with Gasteiger partial charge in [-0.3, -0.25) is 4.57 Å². The highest BCUT2D eigenvalue weighted by atomic mass is 15.2. The molecule has 0 amide bonds. The number of aromatic nitrogens is 4. The molecule has 2 aromatic rings. The smallest absolute Gasteiger partial charge is 0.143 e. The predicted octanol–water partition coefficient (Wildman–Crippen LogP) is 1.26. The van der Waals surface area contributed by atoms with Crippen molar-refractivity contribution in [2.75, 3.05) is 18.0 Å². The molecule has 5 nitrogen and oxygen atoms in total. The first-order valence-corrected chi connectivity index (χ1v) is 5.49. The molecule has 1 aliphatic heterocycles. The Balaban J connectivity index is 1.93. The third-order valence-corrected chi connectivity index (χ3v) is 2.84. The maximum absolute atomic E-state index is 4.31. The summed E-state index contributed by atoms with van der Waals surface area (Å²) in [6.07, 6.45) is 9.50. The van der Waals surface area contributed by atoms with Crippen LogP contribution in [0.4, 0.5) is 5.82 Å². The summed E-state index contributed by atoms with van der Waals surface area (Å²) >= 11 is 0. The van der Waals surface area contributed by atoms with Crippen molar-refractivity contribution in [1.29, 1.82) is 0 Å². The van der Waals surface area contributed by atoms with Gasteiger partial charge in [0, 0.05) is 31.5 Å². The summed E-state index contributed by atoms with van der Waals surface area (Å²) in [5.41, 5.74) is 0. The minimum absolute atomic E-state index is 0.870. The number of rotatable bonds is 2. The molecule has 0 spiro atoms. The average Bonchev–Trinajstić information content (AvgIpc) is 3.03. The molecule has 0 atom stereocenters. The van der Waals surface area contributed by atoms with Crippen molar-refractivity contribution < 1.29 is 0 Å². The Bertz CT molecular complexity index is 459. The van der Waals surface area contributed by atoms with Gasteiger partial charge >= 0.3 is 0 Å². The van der Waals surface area contributed by atoms with Crippen molar-refractivity contribution in [2.45, 2.75) is 12.8 Å². The van der Waals surface area contributed by atoms with E-state index in [1.807, 2.05) is 16.8 Å². The minimum atomic E-state index is 0.870. The first-order valence-electron chi connectivity index (χ1n) is 5.49. The number of nitrogens with zero attached hydrogens (tertiary/aromatic N) is 5. The van der Waals surface area contributed by atoms with E-state index in [0.29, 0.717) is 0 Å². The van der Waals surface area contributed by atoms with Crippen LogP contribution in [0.15, 0.2) is 31.1 Å². The topological polar surface area (TPSA) is 46.8 Å². The minimum Gasteiger partial charge on any atom is -0.356 e. The van der Waals surface area contributed by atoms with Crippen LogP contribution in [0, 0.1) is 0 Å². The Labute approximate surface area is 93.8 Å². The largest absolute Gasteiger partial charge is 0.356 e. The highest BCUT2D eigenvalue weighted by molar-refractivity contribution is 5.43. The molecule has 0 radical (unpaired) electrons. The number of hydrogen-bond donors (Lipinski definition) is 0. The van der Waals surface area contributed by atoms with Crippen LogP contribution in [-0.2, 0) is 0 Å². The summed E-state index contributed by atoms with van der Waals surface area (Å²) in [7, 11) is 0. The summed E-state index contributed by atoms with van der Waals surface area (Å²) in [6, 6.07) is 2.01. The van der Waals surface area contributed by atoms with Gasteiger partial charge in [-0.2, -0.15) is 0 Å². The summed E-state index contributed by atoms with van der Waals surface area (Å²) < 4.78 is 1.89. The highest BCUT2D eigenvalue weighted by Crippen LogP contribution is 2.18. The first-order chi connectivity index (χ1) is 7.93. The Morgan fingerprint density at radius 2 is 1.88 bits per heavy atom. The van der Waals surface area contributed by atoms with E-state index in [2.05, 4.69) is 19.9 Å². The van der Waals surface area contributed by atoms with E-state index >= 15 is 0 Å². The molecule has 3 heterocycles. The predicted molar refractivity (Wildman–Crippen MR) is 60.6 cm³/mol. The molecule has 5 heteroatoms. The van der Waals surface area contributed by atoms with Gasteiger partial charge in [-0.1, -0.05) is 0 Å². The lowest BCUT2D eigenvalue weighted by Crippen LogP contribution is -2.19. The standard InChI is InChI=1S/C11H13N5/c1-2-5-15(4-1)10-7-11(14-8-13-10)16-6-3-12-9-16/h3,6-9H,1-2,4-5H2. The summed E-state index contributed by atoms with van der Waals surface area (Å²) in [4.78, 5) is 14.9. The molecule has 0 aliphatic carbocycles. The van der Waals surface area contributed by atoms with Gasteiger partial charge < -0.3 is 4.90 Å². The van der Waals surface area contributed by atoms with E-state index in [1.165, 1.54) is 12.8 Å². The molecule has 0 saturated carbocycles. The van der Waals surface area contributed by atoms with E-state index in [1.54, 1.807) is 18.9 Å². The zero-order valence-corrected chi connectivity index (χ0v) is 8.95. The molecule has 0 aromatic carbocycles. The van der Waals surface area contributed by atoms with Crippen molar-refractivity contribution in [1.82, 2.24) is 19.5 Å². The third-order valence-electron chi connectivity index (χ3n) is 2.84. The van der Waals surface area contributed by atoms with Crippen LogP contribution in [0.3, 0.4) is 0 Å². The Morgan fingerprint density at radius 3 is 2.62 bits per heavy atom. The fourth-order valence-electron chi connectivity index (χ4n) is 1.99. The average molecular weight is 215 g/mol. The van der Waals surface area contributed by atoms with Gasteiger partial charge in [-0.05, 0) is 12.8 Å². The second kappa shape index (κ2) is 3.92. The van der Waals surface area contributed by atoms with E-state index < -0.39 is 0 Å². The number of hydrogen-bond acceptors (Lipinski definition) is 4. The SMILES string of the molecule is c1cn(-c2cc(N3CCCC3)ncn2)cn1. The van der Waals surface area contributed by atoms with Crippen LogP contribution < -0.4 is 4.90 Å². The van der Waals surface area contributed by atoms with E-state index in [0.717, 1.165) is 24.7 Å². The first kappa shape index (κ1) is 9.33. The van der Waals surface area contributed by atoms with Crippen molar-refractivity contribution in [2.24, 2.45) is 0 Å². The molecule has 2 aromatic heterocycles. The maximum atomic E-state index is 4.31. The third kappa shape index (κ3) is 1.64. The van der Waals surface area contributed by atoms with E-state index in [4.69, 9.17) is 0 Å². The molecule has 82 valence electrons. The van der Waals surface area contributed by atoms with Gasteiger partial charge in [-0.25, -0.2) is 15.0 Å². The van der Waals surface area contributed by atoms with Crippen LogP contribution in [-0.4, -0.2) is 32.6 Å². The quantitative estimate of drug-likeness (QED) is 0.756. The summed E-state index contributed by atoms with van der Waals surface area (Å²) in [5.74, 6) is 1.88. The summed E-state index contributed by atoms with van der Waals surface area (Å²) in [6.45, 7) is 2.20. The van der Waals surface area contributed by atoms with E-state index in [9.17, 15) is 0 Å². The fourth-order valence-corrected chi connectivity index (χ4v) is 1.99. The van der Waals surface area contributed by atoms with Crippen LogP contribution in [0.25, 0.3) is 5.82 Å². The molecular weight excluding hydrogens is 202 g/mol. The molecule has 0 unspecified atom stereocenters. The lowest BCUT2D eigenvalue weighted by molar-refractivity contribution is 0.904. The lowest BCUT2D eigenvalue weighted by atomic mass is 10.4. The Hall–Kier alpha value is -1.91. The van der Waals surface area contributed by atoms with Crippen molar-refractivity contribution in [3.05, 3.63) is 31.1 Å². The van der Waals surface area contributed by atoms with Crippen LogP contribution >= 0.6 is 0 Å². The number of imidazole rings is 1. The van der Waals surface area contributed by atoms with Gasteiger partial charge in [0.25, 0.3) is 0 Å². The molecule has 0 N–H and O–H groups in total. The fraction of sp³-hybridized carbons (Fsp3) is 0.364. The molecule has 1 fully saturated rings. The number of anilines is 1. The van der Waals surface area contributed by atoms with Gasteiger partial charge in [0.15, 0.2) is 0 Å². The Kier molecular flexibility index (Phi) is 2.29. The maximum Gasteiger partial charge on any atom is 0.143 e. The van der Waals surface area contributed by atoms with Crippen molar-refractivity contribution >= 4 is 5.82 Å². The van der Waals surface area contributed by atoms with Gasteiger partial charge in [-0.15, -0.1) is 0 Å². The highest BCUT2D eigenvalue weighted by Gasteiger charge is 2.14. The second-order valence-corrected chi connectivity index (χ2v) is 3.90. The molecule has 0 bridgehead atoms. The second-order valence-electron chi connectivity index (χ2n) is 3.90. The van der Waals surface area contributed by atoms with Crippen molar-refractivity contribution in [3.8, 4) is 5.82 Å². The zero-order valence-electron chi connectivity index (χ0n) is 8.95. The zero-order chi connectivity index (χ0) is 10.8. The molecular formula is C11H13N5. The molecule has 1 aliphatic rings. The van der Waals surface area contributed by atoms with Gasteiger partial charge in [0.1, 0.15) is 24.3 Å². The van der Waals surface area contributed by atoms with Gasteiger partial charge in [0.05, 0.1) is 0 Å². The summed E-state index contributed by atoms with van der Waals surface area (Å²) in [5, 5.41) is 0. The van der Waals surface area contributed by atoms with Crippen LogP contribution in [0.1, 0.15) is 12.8 Å². The molecule has 3 rings (SSSR count). The van der Waals surface area contributed by atoms with Gasteiger partial charge in [0.2, 0.25) is 0 Å². The Morgan fingerprint density at radius 1 is 1.06 bits per heavy atom. The normalized spacial score (nSPS) is 15.6. The van der Waals surface area contributed by atoms with Crippen LogP contribution in [0.2, 0.25) is 0 Å². The molecule has 16 heavy (non-hydrogen) atoms. The van der Waals surface area contributed by atoms with Crippen LogP contribution in [0.5, 0.6) is 0 Å². The van der Waals surface area contributed by atoms with Crippen molar-refractivity contribution in [3.63, 3.8) is 0 Å². The molecule has 1 saturated heterocycles.